The Morgan fingerprint density at radius 1 is 1.14 bits per heavy atom. The first-order chi connectivity index (χ1) is 10.4. The van der Waals surface area contributed by atoms with Gasteiger partial charge in [0.2, 0.25) is 0 Å². The van der Waals surface area contributed by atoms with Crippen LogP contribution in [0.4, 0.5) is 0 Å². The van der Waals surface area contributed by atoms with Crippen molar-refractivity contribution in [2.24, 2.45) is 0 Å². The predicted molar refractivity (Wildman–Crippen MR) is 83.5 cm³/mol. The highest BCUT2D eigenvalue weighted by Gasteiger charge is 2.11. The summed E-state index contributed by atoms with van der Waals surface area (Å²) in [7, 11) is 0. The second-order valence-electron chi connectivity index (χ2n) is 5.58. The summed E-state index contributed by atoms with van der Waals surface area (Å²) in [6, 6.07) is 8.50. The van der Waals surface area contributed by atoms with Crippen LogP contribution in [0.2, 0.25) is 0 Å². The molecule has 1 heterocycles. The maximum atomic E-state index is 5.92. The van der Waals surface area contributed by atoms with Crippen LogP contribution in [0.15, 0.2) is 34.9 Å². The topological polar surface area (TPSA) is 34.4 Å². The normalized spacial score (nSPS) is 14.0. The van der Waals surface area contributed by atoms with Crippen molar-refractivity contribution in [2.75, 3.05) is 6.54 Å². The zero-order chi connectivity index (χ0) is 14.5. The van der Waals surface area contributed by atoms with Crippen molar-refractivity contribution >= 4 is 0 Å². The highest BCUT2D eigenvalue weighted by Crippen LogP contribution is 2.26. The van der Waals surface area contributed by atoms with E-state index in [9.17, 15) is 0 Å². The molecule has 0 aliphatic heterocycles. The molecule has 0 spiro atoms. The van der Waals surface area contributed by atoms with Crippen molar-refractivity contribution < 1.29 is 9.15 Å². The first-order valence-electron chi connectivity index (χ1n) is 7.87. The molecule has 0 atom stereocenters. The molecule has 1 aromatic carbocycles. The number of benzene rings is 1. The molecule has 3 heteroatoms. The van der Waals surface area contributed by atoms with E-state index >= 15 is 0 Å². The fraction of sp³-hybridized carbons (Fsp3) is 0.444. The molecular formula is C18H23NO2. The molecule has 1 aromatic heterocycles. The number of aryl methyl sites for hydroxylation is 2. The van der Waals surface area contributed by atoms with Gasteiger partial charge in [-0.1, -0.05) is 13.0 Å². The van der Waals surface area contributed by atoms with E-state index in [0.717, 1.165) is 24.6 Å². The first-order valence-corrected chi connectivity index (χ1v) is 7.87. The molecule has 3 nitrogen and oxygen atoms in total. The molecule has 0 bridgehead atoms. The van der Waals surface area contributed by atoms with Gasteiger partial charge in [0.25, 0.3) is 0 Å². The second kappa shape index (κ2) is 6.81. The van der Waals surface area contributed by atoms with Gasteiger partial charge in [-0.2, -0.15) is 0 Å². The number of hydrogen-bond acceptors (Lipinski definition) is 3. The summed E-state index contributed by atoms with van der Waals surface area (Å²) in [6.07, 6.45) is 6.73. The Bertz CT molecular complexity index is 589. The summed E-state index contributed by atoms with van der Waals surface area (Å²) in [5, 5.41) is 3.31. The monoisotopic (exact) mass is 285 g/mol. The first kappa shape index (κ1) is 14.2. The minimum atomic E-state index is 0.493. The maximum absolute atomic E-state index is 5.92. The molecule has 0 unspecified atom stereocenters. The van der Waals surface area contributed by atoms with Gasteiger partial charge < -0.3 is 14.5 Å². The predicted octanol–water partition coefficient (Wildman–Crippen LogP) is 3.85. The third-order valence-electron chi connectivity index (χ3n) is 4.09. The lowest BCUT2D eigenvalue weighted by Gasteiger charge is -2.16. The zero-order valence-corrected chi connectivity index (χ0v) is 12.7. The minimum Gasteiger partial charge on any atom is -0.486 e. The Morgan fingerprint density at radius 3 is 2.86 bits per heavy atom. The summed E-state index contributed by atoms with van der Waals surface area (Å²) in [6.45, 7) is 4.38. The average Bonchev–Trinajstić information content (AvgIpc) is 2.98. The Labute approximate surface area is 126 Å². The van der Waals surface area contributed by atoms with E-state index in [1.165, 1.54) is 42.4 Å². The van der Waals surface area contributed by atoms with Gasteiger partial charge in [0.1, 0.15) is 18.1 Å². The van der Waals surface area contributed by atoms with Gasteiger partial charge in [-0.05, 0) is 61.6 Å². The van der Waals surface area contributed by atoms with Crippen molar-refractivity contribution in [1.29, 1.82) is 0 Å². The summed E-state index contributed by atoms with van der Waals surface area (Å²) in [5.41, 5.74) is 4.11. The van der Waals surface area contributed by atoms with E-state index in [0.29, 0.717) is 6.61 Å². The molecule has 0 amide bonds. The van der Waals surface area contributed by atoms with Crippen molar-refractivity contribution in [1.82, 2.24) is 5.32 Å². The molecule has 3 rings (SSSR count). The molecule has 21 heavy (non-hydrogen) atoms. The Balaban J connectivity index is 1.63. The molecule has 2 aromatic rings. The van der Waals surface area contributed by atoms with Crippen molar-refractivity contribution in [3.63, 3.8) is 0 Å². The lowest BCUT2D eigenvalue weighted by atomic mass is 9.92. The standard InChI is InChI=1S/C18H23NO2/c1-2-19-12-16-9-10-20-18(16)13-21-17-8-7-14-5-3-4-6-15(14)11-17/h7-11,19H,2-6,12-13H2,1H3. The molecule has 1 N–H and O–H groups in total. The fourth-order valence-electron chi connectivity index (χ4n) is 2.86. The van der Waals surface area contributed by atoms with E-state index in [4.69, 9.17) is 9.15 Å². The molecule has 0 radical (unpaired) electrons. The smallest absolute Gasteiger partial charge is 0.146 e. The van der Waals surface area contributed by atoms with Crippen molar-refractivity contribution in [3.05, 3.63) is 53.0 Å². The molecule has 112 valence electrons. The van der Waals surface area contributed by atoms with Gasteiger partial charge in [0.15, 0.2) is 0 Å². The van der Waals surface area contributed by atoms with E-state index in [1.807, 2.05) is 6.07 Å². The van der Waals surface area contributed by atoms with Crippen LogP contribution >= 0.6 is 0 Å². The van der Waals surface area contributed by atoms with Gasteiger partial charge >= 0.3 is 0 Å². The lowest BCUT2D eigenvalue weighted by Crippen LogP contribution is -2.12. The van der Waals surface area contributed by atoms with Crippen LogP contribution in [0.3, 0.4) is 0 Å². The maximum Gasteiger partial charge on any atom is 0.146 e. The summed E-state index contributed by atoms with van der Waals surface area (Å²) in [4.78, 5) is 0. The number of nitrogens with one attached hydrogen (secondary N) is 1. The van der Waals surface area contributed by atoms with Gasteiger partial charge in [-0.3, -0.25) is 0 Å². The van der Waals surface area contributed by atoms with Crippen LogP contribution in [0, 0.1) is 0 Å². The Morgan fingerprint density at radius 2 is 2.00 bits per heavy atom. The SMILES string of the molecule is CCNCc1ccoc1COc1ccc2c(c1)CCCC2. The zero-order valence-electron chi connectivity index (χ0n) is 12.7. The van der Waals surface area contributed by atoms with Gasteiger partial charge in [0.05, 0.1) is 6.26 Å². The van der Waals surface area contributed by atoms with Crippen LogP contribution in [0.1, 0.15) is 42.2 Å². The molecule has 1 aliphatic rings. The largest absolute Gasteiger partial charge is 0.486 e. The van der Waals surface area contributed by atoms with Crippen LogP contribution in [0.25, 0.3) is 0 Å². The van der Waals surface area contributed by atoms with Crippen LogP contribution in [-0.2, 0) is 26.0 Å². The molecule has 0 saturated carbocycles. The summed E-state index contributed by atoms with van der Waals surface area (Å²) >= 11 is 0. The highest BCUT2D eigenvalue weighted by molar-refractivity contribution is 5.37. The fourth-order valence-corrected chi connectivity index (χ4v) is 2.86. The molecule has 0 fully saturated rings. The minimum absolute atomic E-state index is 0.493. The molecule has 0 saturated heterocycles. The van der Waals surface area contributed by atoms with Crippen molar-refractivity contribution in [3.8, 4) is 5.75 Å². The number of ether oxygens (including phenoxy) is 1. The molecular weight excluding hydrogens is 262 g/mol. The summed E-state index contributed by atoms with van der Waals surface area (Å²) in [5.74, 6) is 1.86. The average molecular weight is 285 g/mol. The molecule has 1 aliphatic carbocycles. The van der Waals surface area contributed by atoms with Gasteiger partial charge in [-0.15, -0.1) is 0 Å². The van der Waals surface area contributed by atoms with Gasteiger partial charge in [0, 0.05) is 12.1 Å². The third kappa shape index (κ3) is 3.48. The Hall–Kier alpha value is -1.74. The highest BCUT2D eigenvalue weighted by atomic mass is 16.5. The number of fused-ring (bicyclic) bond motifs is 1. The van der Waals surface area contributed by atoms with E-state index < -0.39 is 0 Å². The van der Waals surface area contributed by atoms with E-state index in [2.05, 4.69) is 30.4 Å². The number of rotatable bonds is 6. The van der Waals surface area contributed by atoms with Crippen LogP contribution in [0.5, 0.6) is 5.75 Å². The van der Waals surface area contributed by atoms with Crippen LogP contribution in [-0.4, -0.2) is 6.54 Å². The second-order valence-corrected chi connectivity index (χ2v) is 5.58. The van der Waals surface area contributed by atoms with Gasteiger partial charge in [-0.25, -0.2) is 0 Å². The third-order valence-corrected chi connectivity index (χ3v) is 4.09. The lowest BCUT2D eigenvalue weighted by molar-refractivity contribution is 0.267. The Kier molecular flexibility index (Phi) is 4.61. The summed E-state index contributed by atoms with van der Waals surface area (Å²) < 4.78 is 11.4. The quantitative estimate of drug-likeness (QED) is 0.875. The van der Waals surface area contributed by atoms with E-state index in [-0.39, 0.29) is 0 Å². The van der Waals surface area contributed by atoms with E-state index in [1.54, 1.807) is 6.26 Å². The number of hydrogen-bond donors (Lipinski definition) is 1. The number of furan rings is 1. The van der Waals surface area contributed by atoms with Crippen molar-refractivity contribution in [2.45, 2.75) is 45.8 Å². The van der Waals surface area contributed by atoms with Crippen LogP contribution < -0.4 is 10.1 Å².